The highest BCUT2D eigenvalue weighted by molar-refractivity contribution is 6.31. The van der Waals surface area contributed by atoms with Crippen LogP contribution in [0, 0.1) is 0 Å². The van der Waals surface area contributed by atoms with Crippen LogP contribution in [0.5, 0.6) is 17.2 Å². The molecule has 2 aliphatic heterocycles. The van der Waals surface area contributed by atoms with Gasteiger partial charge >= 0.3 is 0 Å². The molecule has 0 amide bonds. The van der Waals surface area contributed by atoms with Gasteiger partial charge in [0, 0.05) is 48.6 Å². The Bertz CT molecular complexity index is 1520. The van der Waals surface area contributed by atoms with E-state index in [1.165, 1.54) is 25.3 Å². The number of hydrogen-bond donors (Lipinski definition) is 5. The van der Waals surface area contributed by atoms with Gasteiger partial charge in [0.15, 0.2) is 24.1 Å². The number of carbonyl (C=O) groups is 3. The highest BCUT2D eigenvalue weighted by atomic mass is 16.7. The molecule has 4 aliphatic rings. The Labute approximate surface area is 258 Å². The number of hydrogen-bond acceptors (Lipinski definition) is 13. The molecule has 13 heteroatoms. The van der Waals surface area contributed by atoms with Crippen molar-refractivity contribution < 1.29 is 58.5 Å². The average molecular weight is 628 g/mol. The predicted octanol–water partition coefficient (Wildman–Crippen LogP) is 1.55. The van der Waals surface area contributed by atoms with Crippen molar-refractivity contribution in [1.29, 1.82) is 0 Å². The van der Waals surface area contributed by atoms with E-state index in [2.05, 4.69) is 0 Å². The number of nitrogens with two attached hydrogens (primary N) is 1. The lowest BCUT2D eigenvalue weighted by Gasteiger charge is -2.43. The van der Waals surface area contributed by atoms with Gasteiger partial charge in [-0.05, 0) is 32.3 Å². The maximum absolute atomic E-state index is 13.8. The van der Waals surface area contributed by atoms with Crippen LogP contribution in [0.15, 0.2) is 18.2 Å². The van der Waals surface area contributed by atoms with Crippen LogP contribution in [0.4, 0.5) is 0 Å². The first-order chi connectivity index (χ1) is 21.5. The molecule has 2 aliphatic carbocycles. The van der Waals surface area contributed by atoms with E-state index in [1.54, 1.807) is 6.92 Å². The van der Waals surface area contributed by atoms with Gasteiger partial charge in [0.1, 0.15) is 35.6 Å². The summed E-state index contributed by atoms with van der Waals surface area (Å²) in [7, 11) is 1.34. The first-order valence-corrected chi connectivity index (χ1v) is 15.1. The van der Waals surface area contributed by atoms with Crippen LogP contribution in [0.25, 0.3) is 0 Å². The van der Waals surface area contributed by atoms with Crippen LogP contribution in [-0.2, 0) is 30.2 Å². The molecule has 0 unspecified atom stereocenters. The van der Waals surface area contributed by atoms with Gasteiger partial charge in [0.05, 0.1) is 36.0 Å². The zero-order valence-electron chi connectivity index (χ0n) is 25.0. The number of Topliss-reactive ketones (excluding diaryl/α,β-unsaturated/α-hetero) is 1. The summed E-state index contributed by atoms with van der Waals surface area (Å²) < 4.78 is 29.5. The Morgan fingerprint density at radius 3 is 2.49 bits per heavy atom. The zero-order valence-corrected chi connectivity index (χ0v) is 25.0. The number of ether oxygens (including phenoxy) is 5. The number of phenolic OH excluding ortho intramolecular Hbond substituents is 2. The molecule has 6 rings (SSSR count). The number of aliphatic hydroxyl groups is 2. The Hall–Kier alpha value is -3.43. The SMILES string of the molecule is COc1cccc2c1C(=O)c1c(O)c3c(c(O)c1C2=O)C[C@@](O)(C(=O)CO)C[C@@H]3O[C@H]1C[C@@H](N)[C@@H](O[C@@H]2CCCCO2)[C@@H](C)O1. The second-order valence-electron chi connectivity index (χ2n) is 12.1. The number of aliphatic hydroxyl groups excluding tert-OH is 1. The van der Waals surface area contributed by atoms with E-state index in [-0.39, 0.29) is 34.4 Å². The number of benzene rings is 2. The van der Waals surface area contributed by atoms with Gasteiger partial charge in [0.2, 0.25) is 5.78 Å². The van der Waals surface area contributed by atoms with Crippen molar-refractivity contribution >= 4 is 17.3 Å². The van der Waals surface area contributed by atoms with Gasteiger partial charge < -0.3 is 49.8 Å². The molecule has 2 fully saturated rings. The maximum atomic E-state index is 13.8. The van der Waals surface area contributed by atoms with Crippen molar-refractivity contribution in [3.8, 4) is 17.2 Å². The van der Waals surface area contributed by atoms with Crippen molar-refractivity contribution in [3.63, 3.8) is 0 Å². The molecule has 2 heterocycles. The molecule has 45 heavy (non-hydrogen) atoms. The second-order valence-corrected chi connectivity index (χ2v) is 12.1. The first-order valence-electron chi connectivity index (χ1n) is 15.1. The van der Waals surface area contributed by atoms with Gasteiger partial charge in [-0.2, -0.15) is 0 Å². The number of methoxy groups -OCH3 is 1. The summed E-state index contributed by atoms with van der Waals surface area (Å²) in [4.78, 5) is 40.2. The third kappa shape index (κ3) is 5.31. The van der Waals surface area contributed by atoms with Gasteiger partial charge in [-0.3, -0.25) is 14.4 Å². The van der Waals surface area contributed by atoms with Crippen LogP contribution in [0.1, 0.15) is 88.1 Å². The zero-order chi connectivity index (χ0) is 32.2. The Morgan fingerprint density at radius 1 is 1.07 bits per heavy atom. The number of fused-ring (bicyclic) bond motifs is 3. The second kappa shape index (κ2) is 12.1. The molecular weight excluding hydrogens is 590 g/mol. The Balaban J connectivity index is 1.38. The molecule has 2 aromatic rings. The normalized spacial score (nSPS) is 31.1. The molecule has 7 atom stereocenters. The summed E-state index contributed by atoms with van der Waals surface area (Å²) in [6.45, 7) is 1.35. The fraction of sp³-hybridized carbons (Fsp3) is 0.531. The van der Waals surface area contributed by atoms with Crippen molar-refractivity contribution in [1.82, 2.24) is 0 Å². The Kier molecular flexibility index (Phi) is 8.46. The third-order valence-electron chi connectivity index (χ3n) is 9.22. The lowest BCUT2D eigenvalue weighted by atomic mass is 9.72. The molecule has 2 saturated heterocycles. The first kappa shape index (κ1) is 31.5. The highest BCUT2D eigenvalue weighted by Gasteiger charge is 2.50. The van der Waals surface area contributed by atoms with Crippen molar-refractivity contribution in [2.45, 2.75) is 88.0 Å². The summed E-state index contributed by atoms with van der Waals surface area (Å²) in [6, 6.07) is 3.86. The minimum Gasteiger partial charge on any atom is -0.507 e. The monoisotopic (exact) mass is 627 g/mol. The van der Waals surface area contributed by atoms with Crippen LogP contribution in [0.3, 0.4) is 0 Å². The number of rotatable bonds is 7. The summed E-state index contributed by atoms with van der Waals surface area (Å²) >= 11 is 0. The molecule has 0 saturated carbocycles. The van der Waals surface area contributed by atoms with E-state index in [9.17, 15) is 34.8 Å². The number of aromatic hydroxyl groups is 2. The number of ketones is 3. The summed E-state index contributed by atoms with van der Waals surface area (Å²) in [5.41, 5.74) is 2.98. The van der Waals surface area contributed by atoms with E-state index in [0.717, 1.165) is 19.3 Å². The van der Waals surface area contributed by atoms with Gasteiger partial charge in [-0.15, -0.1) is 0 Å². The molecule has 0 spiro atoms. The summed E-state index contributed by atoms with van der Waals surface area (Å²) in [5, 5.41) is 44.2. The maximum Gasteiger partial charge on any atom is 0.202 e. The molecule has 13 nitrogen and oxygen atoms in total. The highest BCUT2D eigenvalue weighted by Crippen LogP contribution is 2.52. The van der Waals surface area contributed by atoms with Gasteiger partial charge in [0.25, 0.3) is 0 Å². The van der Waals surface area contributed by atoms with E-state index in [4.69, 9.17) is 29.4 Å². The average Bonchev–Trinajstić information content (AvgIpc) is 3.02. The molecule has 0 aromatic heterocycles. The van der Waals surface area contributed by atoms with Crippen LogP contribution in [-0.4, -0.2) is 94.5 Å². The summed E-state index contributed by atoms with van der Waals surface area (Å²) in [5.74, 6) is -3.67. The molecule has 0 radical (unpaired) electrons. The lowest BCUT2D eigenvalue weighted by Crippen LogP contribution is -2.55. The minimum atomic E-state index is -2.24. The van der Waals surface area contributed by atoms with E-state index < -0.39 is 102 Å². The van der Waals surface area contributed by atoms with Crippen molar-refractivity contribution in [2.75, 3.05) is 20.3 Å². The quantitative estimate of drug-likeness (QED) is 0.236. The van der Waals surface area contributed by atoms with E-state index in [0.29, 0.717) is 6.61 Å². The minimum absolute atomic E-state index is 0.0409. The van der Waals surface area contributed by atoms with Crippen molar-refractivity contribution in [2.24, 2.45) is 5.73 Å². The number of phenols is 2. The standard InChI is InChI=1S/C32H37NO12/c1-14-31(45-21-8-3-4-9-42-21)17(33)10-22(43-14)44-19-12-32(40,20(35)13-34)11-16-24(19)30(39)26-25(28(16)37)27(36)15-6-5-7-18(41-2)23(15)29(26)38/h5-7,14,17,19,21-22,31,34,37,39-40H,3-4,8-13,33H2,1-2H3/t14-,17-,19+,21-,22+,31+,32+/m1/s1. The Morgan fingerprint density at radius 2 is 1.82 bits per heavy atom. The molecule has 2 aromatic carbocycles. The van der Waals surface area contributed by atoms with E-state index >= 15 is 0 Å². The molecule has 0 bridgehead atoms. The van der Waals surface area contributed by atoms with Crippen LogP contribution < -0.4 is 10.5 Å². The van der Waals surface area contributed by atoms with Gasteiger partial charge in [-0.25, -0.2) is 0 Å². The smallest absolute Gasteiger partial charge is 0.202 e. The van der Waals surface area contributed by atoms with E-state index in [1.807, 2.05) is 0 Å². The largest absolute Gasteiger partial charge is 0.507 e. The fourth-order valence-corrected chi connectivity index (χ4v) is 6.95. The van der Waals surface area contributed by atoms with Gasteiger partial charge in [-0.1, -0.05) is 12.1 Å². The third-order valence-corrected chi connectivity index (χ3v) is 9.22. The molecule has 242 valence electrons. The fourth-order valence-electron chi connectivity index (χ4n) is 6.95. The van der Waals surface area contributed by atoms with Crippen LogP contribution in [0.2, 0.25) is 0 Å². The lowest BCUT2D eigenvalue weighted by molar-refractivity contribution is -0.281. The topological polar surface area (TPSA) is 204 Å². The molecule has 6 N–H and O–H groups in total. The van der Waals surface area contributed by atoms with Crippen LogP contribution >= 0.6 is 0 Å². The van der Waals surface area contributed by atoms with Crippen molar-refractivity contribution in [3.05, 3.63) is 51.6 Å². The predicted molar refractivity (Wildman–Crippen MR) is 154 cm³/mol. The summed E-state index contributed by atoms with van der Waals surface area (Å²) in [6.07, 6.45) is -2.03. The molecular formula is C32H37NO12. The number of carbonyl (C=O) groups excluding carboxylic acids is 3.